The van der Waals surface area contributed by atoms with E-state index in [0.717, 1.165) is 16.4 Å². The van der Waals surface area contributed by atoms with Gasteiger partial charge in [0, 0.05) is 3.57 Å². The smallest absolute Gasteiger partial charge is 0.339 e. The van der Waals surface area contributed by atoms with Gasteiger partial charge in [-0.2, -0.15) is 5.26 Å². The average Bonchev–Trinajstić information content (AvgIpc) is 2.94. The van der Waals surface area contributed by atoms with Crippen molar-refractivity contribution in [3.05, 3.63) is 33.4 Å². The average molecular weight is 398 g/mol. The number of hydrogen-bond acceptors (Lipinski definition) is 4. The monoisotopic (exact) mass is 398 g/mol. The Morgan fingerprint density at radius 1 is 1.33 bits per heavy atom. The topological polar surface area (TPSA) is 79.2 Å². The fourth-order valence-corrected chi connectivity index (χ4v) is 2.99. The molecule has 1 aromatic rings. The Hall–Kier alpha value is -1.62. The molecule has 0 saturated heterocycles. The molecule has 6 heteroatoms. The van der Waals surface area contributed by atoms with Crippen LogP contribution in [-0.2, 0) is 9.53 Å². The summed E-state index contributed by atoms with van der Waals surface area (Å²) in [4.78, 5) is 23.7. The quantitative estimate of drug-likeness (QED) is 0.624. The lowest BCUT2D eigenvalue weighted by atomic mass is 10.00. The highest BCUT2D eigenvalue weighted by molar-refractivity contribution is 14.1. The molecular formula is C15H15IN2O3. The van der Waals surface area contributed by atoms with Crippen LogP contribution in [0, 0.1) is 14.9 Å². The first-order chi connectivity index (χ1) is 10.1. The third-order valence-corrected chi connectivity index (χ3v) is 4.42. The lowest BCUT2D eigenvalue weighted by Crippen LogP contribution is -2.46. The van der Waals surface area contributed by atoms with E-state index < -0.39 is 17.4 Å². The summed E-state index contributed by atoms with van der Waals surface area (Å²) in [6.45, 7) is -0.368. The summed E-state index contributed by atoms with van der Waals surface area (Å²) in [5.41, 5.74) is -0.355. The number of nitrogens with zero attached hydrogens (tertiary/aromatic N) is 1. The second-order valence-electron chi connectivity index (χ2n) is 5.01. The summed E-state index contributed by atoms with van der Waals surface area (Å²) < 4.78 is 5.77. The van der Waals surface area contributed by atoms with Gasteiger partial charge in [0.1, 0.15) is 5.54 Å². The summed E-state index contributed by atoms with van der Waals surface area (Å²) in [6, 6.07) is 9.16. The maximum atomic E-state index is 11.9. The Morgan fingerprint density at radius 2 is 2.00 bits per heavy atom. The summed E-state index contributed by atoms with van der Waals surface area (Å²) >= 11 is 2.04. The number of benzene rings is 1. The molecular weight excluding hydrogens is 383 g/mol. The third-order valence-electron chi connectivity index (χ3n) is 3.48. The Kier molecular flexibility index (Phi) is 5.17. The Labute approximate surface area is 136 Å². The predicted octanol–water partition coefficient (Wildman–Crippen LogP) is 2.40. The van der Waals surface area contributed by atoms with E-state index in [0.29, 0.717) is 18.4 Å². The molecule has 0 unspecified atom stereocenters. The lowest BCUT2D eigenvalue weighted by molar-refractivity contribution is -0.125. The van der Waals surface area contributed by atoms with Gasteiger partial charge in [-0.25, -0.2) is 4.79 Å². The SMILES string of the molecule is N#CC1(NC(=O)COC(=O)c2ccccc2I)CCCC1. The molecule has 0 atom stereocenters. The van der Waals surface area contributed by atoms with Crippen LogP contribution in [0.25, 0.3) is 0 Å². The molecule has 0 aliphatic heterocycles. The molecule has 1 fully saturated rings. The molecule has 0 bridgehead atoms. The first-order valence-electron chi connectivity index (χ1n) is 6.70. The van der Waals surface area contributed by atoms with Crippen LogP contribution < -0.4 is 5.32 Å². The van der Waals surface area contributed by atoms with Crippen LogP contribution in [0.3, 0.4) is 0 Å². The number of nitrogens with one attached hydrogen (secondary N) is 1. The van der Waals surface area contributed by atoms with Crippen molar-refractivity contribution in [2.45, 2.75) is 31.2 Å². The number of nitriles is 1. The van der Waals surface area contributed by atoms with Crippen molar-refractivity contribution in [3.63, 3.8) is 0 Å². The first kappa shape index (κ1) is 15.8. The van der Waals surface area contributed by atoms with E-state index in [1.165, 1.54) is 0 Å². The zero-order valence-electron chi connectivity index (χ0n) is 11.4. The minimum Gasteiger partial charge on any atom is -0.452 e. The van der Waals surface area contributed by atoms with Crippen molar-refractivity contribution >= 4 is 34.5 Å². The second-order valence-corrected chi connectivity index (χ2v) is 6.17. The number of amides is 1. The van der Waals surface area contributed by atoms with Crippen LogP contribution in [-0.4, -0.2) is 24.0 Å². The molecule has 2 rings (SSSR count). The zero-order valence-corrected chi connectivity index (χ0v) is 13.6. The van der Waals surface area contributed by atoms with Crippen LogP contribution in [0.4, 0.5) is 0 Å². The fraction of sp³-hybridized carbons (Fsp3) is 0.400. The number of carbonyl (C=O) groups excluding carboxylic acids is 2. The molecule has 21 heavy (non-hydrogen) atoms. The molecule has 1 saturated carbocycles. The van der Waals surface area contributed by atoms with Crippen molar-refractivity contribution in [3.8, 4) is 6.07 Å². The summed E-state index contributed by atoms with van der Waals surface area (Å²) in [6.07, 6.45) is 3.16. The molecule has 1 aromatic carbocycles. The molecule has 1 aliphatic carbocycles. The van der Waals surface area contributed by atoms with E-state index in [9.17, 15) is 14.9 Å². The maximum absolute atomic E-state index is 11.9. The molecule has 1 amide bonds. The molecule has 0 radical (unpaired) electrons. The zero-order chi connectivity index (χ0) is 15.3. The standard InChI is InChI=1S/C15H15IN2O3/c16-12-6-2-1-5-11(12)14(20)21-9-13(19)18-15(10-17)7-3-4-8-15/h1-2,5-6H,3-4,7-9H2,(H,18,19). The second kappa shape index (κ2) is 6.89. The highest BCUT2D eigenvalue weighted by Crippen LogP contribution is 2.28. The normalized spacial score (nSPS) is 16.0. The van der Waals surface area contributed by atoms with Gasteiger partial charge >= 0.3 is 5.97 Å². The minimum absolute atomic E-state index is 0.368. The van der Waals surface area contributed by atoms with Crippen LogP contribution in [0.2, 0.25) is 0 Å². The lowest BCUT2D eigenvalue weighted by Gasteiger charge is -2.21. The minimum atomic E-state index is -0.787. The van der Waals surface area contributed by atoms with Gasteiger partial charge in [-0.1, -0.05) is 12.1 Å². The highest BCUT2D eigenvalue weighted by Gasteiger charge is 2.35. The third kappa shape index (κ3) is 3.94. The van der Waals surface area contributed by atoms with E-state index >= 15 is 0 Å². The van der Waals surface area contributed by atoms with E-state index in [2.05, 4.69) is 11.4 Å². The van der Waals surface area contributed by atoms with Gasteiger partial charge in [-0.15, -0.1) is 0 Å². The van der Waals surface area contributed by atoms with E-state index in [4.69, 9.17) is 4.74 Å². The van der Waals surface area contributed by atoms with Gasteiger partial charge in [0.2, 0.25) is 0 Å². The molecule has 110 valence electrons. The number of hydrogen-bond donors (Lipinski definition) is 1. The molecule has 5 nitrogen and oxygen atoms in total. The van der Waals surface area contributed by atoms with Crippen molar-refractivity contribution < 1.29 is 14.3 Å². The molecule has 0 heterocycles. The van der Waals surface area contributed by atoms with Crippen LogP contribution in [0.5, 0.6) is 0 Å². The number of halogens is 1. The highest BCUT2D eigenvalue weighted by atomic mass is 127. The van der Waals surface area contributed by atoms with E-state index in [1.807, 2.05) is 28.7 Å². The first-order valence-corrected chi connectivity index (χ1v) is 7.78. The molecule has 1 N–H and O–H groups in total. The fourth-order valence-electron chi connectivity index (χ4n) is 2.38. The van der Waals surface area contributed by atoms with Gasteiger partial charge in [0.05, 0.1) is 11.6 Å². The molecule has 1 aliphatic rings. The number of esters is 1. The van der Waals surface area contributed by atoms with Crippen LogP contribution in [0.1, 0.15) is 36.0 Å². The van der Waals surface area contributed by atoms with Gasteiger partial charge in [0.15, 0.2) is 6.61 Å². The van der Waals surface area contributed by atoms with Crippen molar-refractivity contribution in [2.75, 3.05) is 6.61 Å². The largest absolute Gasteiger partial charge is 0.452 e. The molecule has 0 spiro atoms. The van der Waals surface area contributed by atoms with Crippen molar-refractivity contribution in [2.24, 2.45) is 0 Å². The van der Waals surface area contributed by atoms with Gasteiger partial charge < -0.3 is 10.1 Å². The number of carbonyl (C=O) groups is 2. The molecule has 0 aromatic heterocycles. The van der Waals surface area contributed by atoms with Crippen molar-refractivity contribution in [1.29, 1.82) is 5.26 Å². The Balaban J connectivity index is 1.88. The van der Waals surface area contributed by atoms with Gasteiger partial charge in [-0.3, -0.25) is 4.79 Å². The maximum Gasteiger partial charge on any atom is 0.339 e. The predicted molar refractivity (Wildman–Crippen MR) is 84.4 cm³/mol. The number of rotatable bonds is 4. The van der Waals surface area contributed by atoms with Gasteiger partial charge in [-0.05, 0) is 60.4 Å². The van der Waals surface area contributed by atoms with Crippen molar-refractivity contribution in [1.82, 2.24) is 5.32 Å². The summed E-state index contributed by atoms with van der Waals surface area (Å²) in [7, 11) is 0. The Morgan fingerprint density at radius 3 is 2.62 bits per heavy atom. The van der Waals surface area contributed by atoms with Gasteiger partial charge in [0.25, 0.3) is 5.91 Å². The van der Waals surface area contributed by atoms with Crippen LogP contribution in [0.15, 0.2) is 24.3 Å². The van der Waals surface area contributed by atoms with E-state index in [1.54, 1.807) is 18.2 Å². The number of ether oxygens (including phenoxy) is 1. The van der Waals surface area contributed by atoms with Crippen LogP contribution >= 0.6 is 22.6 Å². The summed E-state index contributed by atoms with van der Waals surface area (Å²) in [5.74, 6) is -0.967. The van der Waals surface area contributed by atoms with E-state index in [-0.39, 0.29) is 6.61 Å². The summed E-state index contributed by atoms with van der Waals surface area (Å²) in [5, 5.41) is 11.9. The Bertz CT molecular complexity index is 589.